The molecule has 70 valence electrons. The van der Waals surface area contributed by atoms with Crippen molar-refractivity contribution in [3.63, 3.8) is 0 Å². The molecule has 0 aliphatic carbocycles. The zero-order chi connectivity index (χ0) is 9.26. The van der Waals surface area contributed by atoms with Crippen molar-refractivity contribution in [1.82, 2.24) is 0 Å². The monoisotopic (exact) mass is 177 g/mol. The van der Waals surface area contributed by atoms with Gasteiger partial charge in [-0.15, -0.1) is 0 Å². The highest BCUT2D eigenvalue weighted by Crippen LogP contribution is 2.26. The summed E-state index contributed by atoms with van der Waals surface area (Å²) in [6, 6.07) is 5.58. The van der Waals surface area contributed by atoms with Gasteiger partial charge in [-0.2, -0.15) is 0 Å². The lowest BCUT2D eigenvalue weighted by Crippen LogP contribution is -2.08. The lowest BCUT2D eigenvalue weighted by atomic mass is 10.0. The number of nitrogens with one attached hydrogen (secondary N) is 1. The molecule has 0 bridgehead atoms. The highest BCUT2D eigenvalue weighted by Gasteiger charge is 2.11. The molecule has 0 spiro atoms. The third-order valence-corrected chi connectivity index (χ3v) is 2.64. The Hall–Kier alpha value is -1.18. The van der Waals surface area contributed by atoms with E-state index in [-0.39, 0.29) is 0 Å². The van der Waals surface area contributed by atoms with Gasteiger partial charge in [0.25, 0.3) is 0 Å². The molecule has 0 saturated carbocycles. The minimum absolute atomic E-state index is 0.348. The van der Waals surface area contributed by atoms with Gasteiger partial charge in [-0.25, -0.2) is 0 Å². The number of hydrogen-bond donors (Lipinski definition) is 2. The summed E-state index contributed by atoms with van der Waals surface area (Å²) in [5.41, 5.74) is 2.42. The molecule has 2 rings (SSSR count). The Labute approximate surface area is 78.6 Å². The van der Waals surface area contributed by atoms with Crippen LogP contribution in [0, 0.1) is 5.92 Å². The second-order valence-corrected chi connectivity index (χ2v) is 3.87. The number of hydrogen-bond acceptors (Lipinski definition) is 2. The fourth-order valence-electron chi connectivity index (χ4n) is 1.74. The fraction of sp³-hybridized carbons (Fsp3) is 0.455. The standard InChI is InChI=1S/C11H15NO/c1-8-2-3-9-4-5-10(13)6-11(9)12-7-8/h4-6,8,12-13H,2-3,7H2,1H3/t8-/m1/s1. The highest BCUT2D eigenvalue weighted by molar-refractivity contribution is 5.55. The molecule has 1 aromatic carbocycles. The lowest BCUT2D eigenvalue weighted by Gasteiger charge is -2.08. The number of phenols is 1. The zero-order valence-electron chi connectivity index (χ0n) is 7.88. The largest absolute Gasteiger partial charge is 0.508 e. The summed E-state index contributed by atoms with van der Waals surface area (Å²) in [5.74, 6) is 1.07. The first-order chi connectivity index (χ1) is 6.25. The van der Waals surface area contributed by atoms with E-state index in [9.17, 15) is 5.11 Å². The molecule has 1 aliphatic heterocycles. The van der Waals surface area contributed by atoms with Crippen LogP contribution in [0.4, 0.5) is 5.69 Å². The van der Waals surface area contributed by atoms with Crippen molar-refractivity contribution in [1.29, 1.82) is 0 Å². The summed E-state index contributed by atoms with van der Waals surface area (Å²) in [5, 5.41) is 12.7. The molecule has 1 atom stereocenters. The van der Waals surface area contributed by atoms with Crippen LogP contribution in [0.1, 0.15) is 18.9 Å². The van der Waals surface area contributed by atoms with Crippen molar-refractivity contribution in [2.75, 3.05) is 11.9 Å². The van der Waals surface area contributed by atoms with Gasteiger partial charge in [-0.3, -0.25) is 0 Å². The van der Waals surface area contributed by atoms with E-state index in [0.29, 0.717) is 5.75 Å². The zero-order valence-corrected chi connectivity index (χ0v) is 7.88. The average molecular weight is 177 g/mol. The molecule has 2 N–H and O–H groups in total. The average Bonchev–Trinajstić information content (AvgIpc) is 2.29. The molecule has 2 nitrogen and oxygen atoms in total. The minimum Gasteiger partial charge on any atom is -0.508 e. The van der Waals surface area contributed by atoms with Gasteiger partial charge in [-0.1, -0.05) is 13.0 Å². The van der Waals surface area contributed by atoms with Crippen LogP contribution >= 0.6 is 0 Å². The predicted octanol–water partition coefficient (Wildman–Crippen LogP) is 2.39. The Balaban J connectivity index is 2.30. The summed E-state index contributed by atoms with van der Waals surface area (Å²) >= 11 is 0. The maximum Gasteiger partial charge on any atom is 0.117 e. The Morgan fingerprint density at radius 1 is 1.46 bits per heavy atom. The Kier molecular flexibility index (Phi) is 2.13. The van der Waals surface area contributed by atoms with Gasteiger partial charge < -0.3 is 10.4 Å². The van der Waals surface area contributed by atoms with Crippen LogP contribution in [0.3, 0.4) is 0 Å². The van der Waals surface area contributed by atoms with Gasteiger partial charge in [0.05, 0.1) is 0 Å². The van der Waals surface area contributed by atoms with E-state index in [1.54, 1.807) is 6.07 Å². The Morgan fingerprint density at radius 3 is 3.15 bits per heavy atom. The molecule has 0 amide bonds. The molecule has 0 radical (unpaired) electrons. The molecular weight excluding hydrogens is 162 g/mol. The van der Waals surface area contributed by atoms with E-state index in [1.807, 2.05) is 12.1 Å². The third-order valence-electron chi connectivity index (χ3n) is 2.64. The number of benzene rings is 1. The maximum atomic E-state index is 9.31. The smallest absolute Gasteiger partial charge is 0.117 e. The van der Waals surface area contributed by atoms with E-state index in [0.717, 1.165) is 24.6 Å². The van der Waals surface area contributed by atoms with E-state index < -0.39 is 0 Å². The molecule has 13 heavy (non-hydrogen) atoms. The lowest BCUT2D eigenvalue weighted by molar-refractivity contribution is 0.475. The van der Waals surface area contributed by atoms with Gasteiger partial charge in [0.2, 0.25) is 0 Å². The van der Waals surface area contributed by atoms with Crippen molar-refractivity contribution in [3.8, 4) is 5.75 Å². The number of phenolic OH excluding ortho intramolecular Hbond substituents is 1. The van der Waals surface area contributed by atoms with Crippen LogP contribution in [-0.2, 0) is 6.42 Å². The van der Waals surface area contributed by atoms with E-state index in [4.69, 9.17) is 0 Å². The normalized spacial score (nSPS) is 21.5. The summed E-state index contributed by atoms with van der Waals surface area (Å²) < 4.78 is 0. The van der Waals surface area contributed by atoms with Crippen molar-refractivity contribution >= 4 is 5.69 Å². The van der Waals surface area contributed by atoms with E-state index in [1.165, 1.54) is 12.0 Å². The van der Waals surface area contributed by atoms with E-state index >= 15 is 0 Å². The predicted molar refractivity (Wildman–Crippen MR) is 54.1 cm³/mol. The second kappa shape index (κ2) is 3.29. The number of aromatic hydroxyl groups is 1. The van der Waals surface area contributed by atoms with Gasteiger partial charge in [-0.05, 0) is 30.4 Å². The van der Waals surface area contributed by atoms with Crippen molar-refractivity contribution < 1.29 is 5.11 Å². The minimum atomic E-state index is 0.348. The maximum absolute atomic E-state index is 9.31. The Morgan fingerprint density at radius 2 is 2.31 bits per heavy atom. The van der Waals surface area contributed by atoms with Crippen LogP contribution < -0.4 is 5.32 Å². The molecule has 1 heterocycles. The SMILES string of the molecule is C[C@@H]1CCc2ccc(O)cc2NC1. The van der Waals surface area contributed by atoms with Crippen LogP contribution in [0.25, 0.3) is 0 Å². The summed E-state index contributed by atoms with van der Waals surface area (Å²) in [6.45, 7) is 3.26. The van der Waals surface area contributed by atoms with Crippen molar-refractivity contribution in [3.05, 3.63) is 23.8 Å². The summed E-state index contributed by atoms with van der Waals surface area (Å²) in [4.78, 5) is 0. The first-order valence-electron chi connectivity index (χ1n) is 4.81. The van der Waals surface area contributed by atoms with Crippen LogP contribution in [0.2, 0.25) is 0 Å². The van der Waals surface area contributed by atoms with Crippen LogP contribution in [-0.4, -0.2) is 11.7 Å². The summed E-state index contributed by atoms with van der Waals surface area (Å²) in [7, 11) is 0. The van der Waals surface area contributed by atoms with Crippen LogP contribution in [0.5, 0.6) is 5.75 Å². The van der Waals surface area contributed by atoms with Crippen LogP contribution in [0.15, 0.2) is 18.2 Å². The molecule has 1 aromatic rings. The first kappa shape index (κ1) is 8.42. The highest BCUT2D eigenvalue weighted by atomic mass is 16.3. The number of aryl methyl sites for hydroxylation is 1. The summed E-state index contributed by atoms with van der Waals surface area (Å²) in [6.07, 6.45) is 2.34. The fourth-order valence-corrected chi connectivity index (χ4v) is 1.74. The van der Waals surface area contributed by atoms with Crippen molar-refractivity contribution in [2.24, 2.45) is 5.92 Å². The second-order valence-electron chi connectivity index (χ2n) is 3.87. The number of fused-ring (bicyclic) bond motifs is 1. The van der Waals surface area contributed by atoms with E-state index in [2.05, 4.69) is 12.2 Å². The molecule has 0 saturated heterocycles. The first-order valence-corrected chi connectivity index (χ1v) is 4.81. The molecule has 0 aromatic heterocycles. The molecule has 2 heteroatoms. The van der Waals surface area contributed by atoms with Gasteiger partial charge in [0.15, 0.2) is 0 Å². The van der Waals surface area contributed by atoms with Gasteiger partial charge >= 0.3 is 0 Å². The number of rotatable bonds is 0. The third kappa shape index (κ3) is 1.77. The Bertz CT molecular complexity index is 309. The number of anilines is 1. The molecular formula is C11H15NO. The van der Waals surface area contributed by atoms with Gasteiger partial charge in [0, 0.05) is 18.3 Å². The molecule has 0 fully saturated rings. The van der Waals surface area contributed by atoms with Crippen molar-refractivity contribution in [2.45, 2.75) is 19.8 Å². The molecule has 1 aliphatic rings. The van der Waals surface area contributed by atoms with Gasteiger partial charge in [0.1, 0.15) is 5.75 Å². The molecule has 0 unspecified atom stereocenters. The topological polar surface area (TPSA) is 32.3 Å². The quantitative estimate of drug-likeness (QED) is 0.637.